The summed E-state index contributed by atoms with van der Waals surface area (Å²) in [6.07, 6.45) is -4.74. The van der Waals surface area contributed by atoms with Gasteiger partial charge in [-0.05, 0) is 40.3 Å². The van der Waals surface area contributed by atoms with Gasteiger partial charge < -0.3 is 5.11 Å². The molecule has 0 aliphatic heterocycles. The summed E-state index contributed by atoms with van der Waals surface area (Å²) in [5.41, 5.74) is -6.01. The first kappa shape index (κ1) is 23.3. The number of benzene rings is 3. The molecule has 0 heterocycles. The van der Waals surface area contributed by atoms with Gasteiger partial charge in [0.1, 0.15) is 0 Å². The highest BCUT2D eigenvalue weighted by molar-refractivity contribution is 5.91. The first-order valence-corrected chi connectivity index (χ1v) is 10.1. The van der Waals surface area contributed by atoms with Crippen LogP contribution in [0.15, 0.2) is 66.7 Å². The molecular formula is C26H24F3NO2. The second kappa shape index (κ2) is 7.67. The number of rotatable bonds is 4. The van der Waals surface area contributed by atoms with Crippen LogP contribution >= 0.6 is 0 Å². The van der Waals surface area contributed by atoms with Crippen molar-refractivity contribution in [1.29, 1.82) is 5.26 Å². The zero-order chi connectivity index (χ0) is 23.9. The molecule has 0 amide bonds. The fraction of sp³-hybridized carbons (Fsp3) is 0.308. The van der Waals surface area contributed by atoms with Gasteiger partial charge in [0.15, 0.2) is 5.41 Å². The van der Waals surface area contributed by atoms with E-state index in [0.717, 1.165) is 11.5 Å². The minimum absolute atomic E-state index is 0.234. The van der Waals surface area contributed by atoms with Gasteiger partial charge >= 0.3 is 12.1 Å². The number of nitriles is 1. The summed E-state index contributed by atoms with van der Waals surface area (Å²) < 4.78 is 42.8. The largest absolute Gasteiger partial charge is 0.480 e. The molecule has 0 fully saturated rings. The number of aliphatic carboxylic acids is 1. The summed E-state index contributed by atoms with van der Waals surface area (Å²) in [6.45, 7) is 6.26. The normalized spacial score (nSPS) is 16.1. The second-order valence-corrected chi connectivity index (χ2v) is 9.11. The van der Waals surface area contributed by atoms with Crippen molar-refractivity contribution in [3.8, 4) is 6.07 Å². The van der Waals surface area contributed by atoms with E-state index < -0.39 is 34.0 Å². The van der Waals surface area contributed by atoms with Gasteiger partial charge in [0.05, 0.1) is 17.0 Å². The van der Waals surface area contributed by atoms with Crippen LogP contribution in [0.4, 0.5) is 13.2 Å². The van der Waals surface area contributed by atoms with Crippen LogP contribution in [0.3, 0.4) is 0 Å². The lowest BCUT2D eigenvalue weighted by Gasteiger charge is -2.53. The monoisotopic (exact) mass is 439 g/mol. The van der Waals surface area contributed by atoms with Crippen molar-refractivity contribution in [2.24, 2.45) is 10.8 Å². The van der Waals surface area contributed by atoms with Crippen LogP contribution in [-0.4, -0.2) is 11.1 Å². The Kier molecular flexibility index (Phi) is 5.59. The Morgan fingerprint density at radius 3 is 1.84 bits per heavy atom. The van der Waals surface area contributed by atoms with Gasteiger partial charge in [-0.2, -0.15) is 18.4 Å². The highest BCUT2D eigenvalue weighted by Gasteiger charge is 2.64. The van der Waals surface area contributed by atoms with E-state index >= 15 is 0 Å². The van der Waals surface area contributed by atoms with Gasteiger partial charge in [-0.3, -0.25) is 4.79 Å². The number of carbonyl (C=O) groups is 1. The van der Waals surface area contributed by atoms with E-state index in [2.05, 4.69) is 0 Å². The predicted octanol–water partition coefficient (Wildman–Crippen LogP) is 6.81. The number of nitrogens with zero attached hydrogens (tertiary/aromatic N) is 1. The molecule has 0 aromatic heterocycles. The van der Waals surface area contributed by atoms with E-state index in [0.29, 0.717) is 10.9 Å². The molecule has 3 aromatic rings. The van der Waals surface area contributed by atoms with E-state index in [1.54, 1.807) is 51.1 Å². The minimum atomic E-state index is -4.74. The quantitative estimate of drug-likeness (QED) is 0.486. The number of carboxylic acid groups (broad SMARTS) is 1. The lowest BCUT2D eigenvalue weighted by atomic mass is 9.46. The fourth-order valence-corrected chi connectivity index (χ4v) is 5.14. The molecule has 0 radical (unpaired) electrons. The summed E-state index contributed by atoms with van der Waals surface area (Å²) in [7, 11) is 0. The standard InChI is InChI=1S/C26H24F3NO2/c1-23(2,3)25(24(4,16-30)22(31)32,20-13-7-8-14-21(20)26(27,28)29)19-15-9-11-17-10-5-6-12-18(17)19/h5-15H,1-4H3,(H,31,32). The minimum Gasteiger partial charge on any atom is -0.480 e. The number of halogens is 3. The first-order chi connectivity index (χ1) is 14.8. The Morgan fingerprint density at radius 1 is 0.812 bits per heavy atom. The van der Waals surface area contributed by atoms with E-state index in [1.807, 2.05) is 18.2 Å². The molecule has 1 N–H and O–H groups in total. The average molecular weight is 439 g/mol. The molecule has 3 nitrogen and oxygen atoms in total. The number of hydrogen-bond donors (Lipinski definition) is 1. The molecule has 3 rings (SSSR count). The Bertz CT molecular complexity index is 1210. The van der Waals surface area contributed by atoms with Crippen molar-refractivity contribution < 1.29 is 23.1 Å². The van der Waals surface area contributed by atoms with Crippen LogP contribution in [0.25, 0.3) is 10.8 Å². The number of fused-ring (bicyclic) bond motifs is 1. The number of hydrogen-bond acceptors (Lipinski definition) is 2. The van der Waals surface area contributed by atoms with E-state index in [-0.39, 0.29) is 5.56 Å². The van der Waals surface area contributed by atoms with E-state index in [1.165, 1.54) is 25.1 Å². The van der Waals surface area contributed by atoms with Gasteiger partial charge in [0.25, 0.3) is 0 Å². The summed E-state index contributed by atoms with van der Waals surface area (Å²) in [5.74, 6) is -1.49. The molecule has 166 valence electrons. The molecule has 3 aromatic carbocycles. The van der Waals surface area contributed by atoms with Crippen molar-refractivity contribution in [3.05, 3.63) is 83.4 Å². The SMILES string of the molecule is CC(C)(C)C(c1ccccc1C(F)(F)F)(c1cccc2ccccc12)C(C)(C#N)C(=O)O. The molecule has 0 spiro atoms. The molecule has 0 aliphatic rings. The molecule has 0 bridgehead atoms. The van der Waals surface area contributed by atoms with Crippen LogP contribution in [-0.2, 0) is 16.4 Å². The third kappa shape index (κ3) is 3.24. The molecule has 0 saturated heterocycles. The molecule has 2 unspecified atom stereocenters. The van der Waals surface area contributed by atoms with Crippen molar-refractivity contribution in [3.63, 3.8) is 0 Å². The molecule has 0 saturated carbocycles. The smallest absolute Gasteiger partial charge is 0.416 e. The Morgan fingerprint density at radius 2 is 1.31 bits per heavy atom. The molecular weight excluding hydrogens is 415 g/mol. The second-order valence-electron chi connectivity index (χ2n) is 9.11. The van der Waals surface area contributed by atoms with Crippen LogP contribution < -0.4 is 0 Å². The molecule has 32 heavy (non-hydrogen) atoms. The van der Waals surface area contributed by atoms with Gasteiger partial charge in [-0.25, -0.2) is 0 Å². The van der Waals surface area contributed by atoms with Crippen molar-refractivity contribution in [2.75, 3.05) is 0 Å². The zero-order valence-corrected chi connectivity index (χ0v) is 18.3. The van der Waals surface area contributed by atoms with E-state index in [4.69, 9.17) is 0 Å². The molecule has 2 atom stereocenters. The van der Waals surface area contributed by atoms with Gasteiger partial charge in [0.2, 0.25) is 0 Å². The highest BCUT2D eigenvalue weighted by atomic mass is 19.4. The lowest BCUT2D eigenvalue weighted by Crippen LogP contribution is -2.57. The maximum atomic E-state index is 14.3. The number of carboxylic acids is 1. The van der Waals surface area contributed by atoms with Crippen LogP contribution in [0.2, 0.25) is 0 Å². The average Bonchev–Trinajstić information content (AvgIpc) is 2.72. The Balaban J connectivity index is 2.71. The van der Waals surface area contributed by atoms with Gasteiger partial charge in [-0.15, -0.1) is 0 Å². The summed E-state index contributed by atoms with van der Waals surface area (Å²) in [6, 6.07) is 19.1. The van der Waals surface area contributed by atoms with Crippen molar-refractivity contribution >= 4 is 16.7 Å². The number of alkyl halides is 3. The molecule has 6 heteroatoms. The maximum Gasteiger partial charge on any atom is 0.416 e. The third-order valence-corrected chi connectivity index (χ3v) is 6.36. The third-order valence-electron chi connectivity index (χ3n) is 6.36. The molecule has 0 aliphatic carbocycles. The van der Waals surface area contributed by atoms with Gasteiger partial charge in [-0.1, -0.05) is 81.4 Å². The fourth-order valence-electron chi connectivity index (χ4n) is 5.14. The van der Waals surface area contributed by atoms with Crippen LogP contribution in [0, 0.1) is 22.2 Å². The maximum absolute atomic E-state index is 14.3. The van der Waals surface area contributed by atoms with Crippen molar-refractivity contribution in [2.45, 2.75) is 39.3 Å². The van der Waals surface area contributed by atoms with Crippen LogP contribution in [0.1, 0.15) is 44.4 Å². The summed E-state index contributed by atoms with van der Waals surface area (Å²) in [5, 5.41) is 21.9. The van der Waals surface area contributed by atoms with Crippen molar-refractivity contribution in [1.82, 2.24) is 0 Å². The predicted molar refractivity (Wildman–Crippen MR) is 117 cm³/mol. The van der Waals surface area contributed by atoms with Crippen LogP contribution in [0.5, 0.6) is 0 Å². The zero-order valence-electron chi connectivity index (χ0n) is 18.3. The topological polar surface area (TPSA) is 61.1 Å². The Labute approximate surface area is 185 Å². The summed E-state index contributed by atoms with van der Waals surface area (Å²) >= 11 is 0. The summed E-state index contributed by atoms with van der Waals surface area (Å²) in [4.78, 5) is 12.7. The first-order valence-electron chi connectivity index (χ1n) is 10.1. The van der Waals surface area contributed by atoms with E-state index in [9.17, 15) is 28.3 Å². The Hall–Kier alpha value is -3.33. The van der Waals surface area contributed by atoms with Gasteiger partial charge in [0, 0.05) is 0 Å². The highest BCUT2D eigenvalue weighted by Crippen LogP contribution is 2.60. The lowest BCUT2D eigenvalue weighted by molar-refractivity contribution is -0.152.